The quantitative estimate of drug-likeness (QED) is 0.673. The highest BCUT2D eigenvalue weighted by atomic mass is 16.5. The van der Waals surface area contributed by atoms with Crippen LogP contribution >= 0.6 is 0 Å². The van der Waals surface area contributed by atoms with Gasteiger partial charge in [0.05, 0.1) is 12.6 Å². The van der Waals surface area contributed by atoms with Gasteiger partial charge in [-0.3, -0.25) is 4.79 Å². The fourth-order valence-electron chi connectivity index (χ4n) is 3.68. The van der Waals surface area contributed by atoms with E-state index in [2.05, 4.69) is 58.4 Å². The summed E-state index contributed by atoms with van der Waals surface area (Å²) in [6.07, 6.45) is 4.96. The molecule has 2 atom stereocenters. The van der Waals surface area contributed by atoms with Gasteiger partial charge < -0.3 is 10.1 Å². The van der Waals surface area contributed by atoms with E-state index in [0.29, 0.717) is 11.6 Å². The number of aryl methyl sites for hydroxylation is 2. The smallest absolute Gasteiger partial charge is 0.269 e. The van der Waals surface area contributed by atoms with Crippen LogP contribution in [0.4, 0.5) is 5.82 Å². The molecule has 1 aromatic heterocycles. The Hall–Kier alpha value is -3.54. The van der Waals surface area contributed by atoms with Crippen LogP contribution in [0.25, 0.3) is 10.9 Å². The summed E-state index contributed by atoms with van der Waals surface area (Å²) in [7, 11) is 1.63. The van der Waals surface area contributed by atoms with Gasteiger partial charge in [0.2, 0.25) is 0 Å². The second-order valence-electron chi connectivity index (χ2n) is 7.51. The molecule has 6 heteroatoms. The Kier molecular flexibility index (Phi) is 5.31. The lowest BCUT2D eigenvalue weighted by Crippen LogP contribution is -2.11. The number of ether oxygens (including phenoxy) is 1. The Morgan fingerprint density at radius 1 is 1.13 bits per heavy atom. The first-order chi connectivity index (χ1) is 14.4. The largest absolute Gasteiger partial charge is 0.496 e. The Labute approximate surface area is 175 Å². The number of nitrogens with one attached hydrogen (secondary N) is 1. The fourth-order valence-corrected chi connectivity index (χ4v) is 3.68. The molecular weight excluding hydrogens is 376 g/mol. The second kappa shape index (κ2) is 8.06. The van der Waals surface area contributed by atoms with Crippen LogP contribution < -0.4 is 10.1 Å². The van der Waals surface area contributed by atoms with Gasteiger partial charge in [0.25, 0.3) is 5.91 Å². The molecule has 2 aromatic carbocycles. The monoisotopic (exact) mass is 400 g/mol. The number of carbonyl (C=O) groups is 1. The highest BCUT2D eigenvalue weighted by Gasteiger charge is 2.19. The second-order valence-corrected chi connectivity index (χ2v) is 7.51. The summed E-state index contributed by atoms with van der Waals surface area (Å²) in [6, 6.07) is 12.4. The van der Waals surface area contributed by atoms with Crippen molar-refractivity contribution in [3.05, 3.63) is 71.1 Å². The van der Waals surface area contributed by atoms with Crippen molar-refractivity contribution in [2.75, 3.05) is 12.4 Å². The average molecular weight is 400 g/mol. The number of benzene rings is 2. The zero-order valence-corrected chi connectivity index (χ0v) is 17.5. The Balaban J connectivity index is 1.79. The summed E-state index contributed by atoms with van der Waals surface area (Å²) >= 11 is 0. The van der Waals surface area contributed by atoms with Crippen molar-refractivity contribution in [1.82, 2.24) is 9.97 Å². The van der Waals surface area contributed by atoms with E-state index in [0.717, 1.165) is 22.3 Å². The summed E-state index contributed by atoms with van der Waals surface area (Å²) in [4.78, 5) is 24.6. The minimum absolute atomic E-state index is 0.0710. The molecule has 1 N–H and O–H groups in total. The summed E-state index contributed by atoms with van der Waals surface area (Å²) in [5, 5.41) is 4.44. The van der Waals surface area contributed by atoms with Gasteiger partial charge in [-0.2, -0.15) is 0 Å². The minimum atomic E-state index is -0.251. The van der Waals surface area contributed by atoms with Crippen LogP contribution in [0.1, 0.15) is 41.4 Å². The summed E-state index contributed by atoms with van der Waals surface area (Å²) in [5.41, 5.74) is 4.12. The lowest BCUT2D eigenvalue weighted by Gasteiger charge is -2.20. The molecule has 30 heavy (non-hydrogen) atoms. The van der Waals surface area contributed by atoms with Gasteiger partial charge in [-0.25, -0.2) is 15.0 Å². The third-order valence-electron chi connectivity index (χ3n) is 5.22. The Morgan fingerprint density at radius 2 is 1.97 bits per heavy atom. The van der Waals surface area contributed by atoms with Gasteiger partial charge in [-0.1, -0.05) is 35.9 Å². The normalized spacial score (nSPS) is 16.7. The molecule has 3 aromatic rings. The number of amides is 1. The lowest BCUT2D eigenvalue weighted by atomic mass is 9.95. The van der Waals surface area contributed by atoms with Gasteiger partial charge in [-0.15, -0.1) is 0 Å². The van der Waals surface area contributed by atoms with E-state index in [1.54, 1.807) is 13.3 Å². The van der Waals surface area contributed by atoms with Crippen LogP contribution in [0.5, 0.6) is 5.75 Å². The van der Waals surface area contributed by atoms with Crippen LogP contribution in [0, 0.1) is 13.8 Å². The third-order valence-corrected chi connectivity index (χ3v) is 5.22. The molecule has 1 unspecified atom stereocenters. The van der Waals surface area contributed by atoms with Crippen molar-refractivity contribution in [3.63, 3.8) is 0 Å². The number of aromatic nitrogens is 2. The third kappa shape index (κ3) is 3.94. The molecule has 0 radical (unpaired) electrons. The lowest BCUT2D eigenvalue weighted by molar-refractivity contribution is -0.113. The molecule has 152 valence electrons. The van der Waals surface area contributed by atoms with E-state index in [9.17, 15) is 4.79 Å². The molecule has 0 saturated heterocycles. The maximum Gasteiger partial charge on any atom is 0.269 e. The molecule has 4 rings (SSSR count). The Bertz CT molecular complexity index is 1170. The van der Waals surface area contributed by atoms with E-state index < -0.39 is 0 Å². The molecule has 1 aliphatic rings. The fraction of sp³-hybridized carbons (Fsp3) is 0.250. The molecule has 0 aliphatic carbocycles. The predicted molar refractivity (Wildman–Crippen MR) is 119 cm³/mol. The Morgan fingerprint density at radius 3 is 2.67 bits per heavy atom. The molecule has 6 nitrogen and oxygen atoms in total. The van der Waals surface area contributed by atoms with Crippen molar-refractivity contribution >= 4 is 28.8 Å². The molecule has 1 amide bonds. The number of nitrogens with zero attached hydrogens (tertiary/aromatic N) is 3. The van der Waals surface area contributed by atoms with Crippen molar-refractivity contribution in [3.8, 4) is 5.75 Å². The summed E-state index contributed by atoms with van der Waals surface area (Å²) in [5.74, 6) is 1.75. The molecule has 0 spiro atoms. The highest BCUT2D eigenvalue weighted by Crippen LogP contribution is 2.35. The maximum atomic E-state index is 11.4. The molecule has 0 fully saturated rings. The van der Waals surface area contributed by atoms with Crippen LogP contribution in [-0.2, 0) is 4.79 Å². The van der Waals surface area contributed by atoms with Crippen LogP contribution in [0.15, 0.2) is 53.5 Å². The number of rotatable bonds is 5. The van der Waals surface area contributed by atoms with E-state index >= 15 is 0 Å². The molecular formula is C24H24N4O2. The first kappa shape index (κ1) is 19.8. The van der Waals surface area contributed by atoms with Crippen molar-refractivity contribution in [2.45, 2.75) is 32.7 Å². The van der Waals surface area contributed by atoms with Crippen molar-refractivity contribution in [1.29, 1.82) is 0 Å². The molecule has 1 aliphatic heterocycles. The van der Waals surface area contributed by atoms with Gasteiger partial charge in [0, 0.05) is 41.3 Å². The van der Waals surface area contributed by atoms with Crippen LogP contribution in [0.3, 0.4) is 0 Å². The number of allylic oxidation sites excluding steroid dienone is 1. The maximum absolute atomic E-state index is 11.4. The van der Waals surface area contributed by atoms with E-state index in [1.165, 1.54) is 17.2 Å². The first-order valence-electron chi connectivity index (χ1n) is 9.90. The first-order valence-corrected chi connectivity index (χ1v) is 9.90. The van der Waals surface area contributed by atoms with Crippen molar-refractivity contribution in [2.24, 2.45) is 4.99 Å². The minimum Gasteiger partial charge on any atom is -0.496 e. The number of fused-ring (bicyclic) bond motifs is 1. The molecule has 0 saturated carbocycles. The number of aliphatic imine (C=N–C) groups is 1. The number of anilines is 1. The topological polar surface area (TPSA) is 76.5 Å². The van der Waals surface area contributed by atoms with Crippen LogP contribution in [0.2, 0.25) is 0 Å². The predicted octanol–water partition coefficient (Wildman–Crippen LogP) is 4.68. The van der Waals surface area contributed by atoms with Gasteiger partial charge in [0.15, 0.2) is 0 Å². The van der Waals surface area contributed by atoms with Crippen LogP contribution in [-0.4, -0.2) is 29.2 Å². The molecule has 0 bridgehead atoms. The summed E-state index contributed by atoms with van der Waals surface area (Å²) < 4.78 is 5.62. The number of carbonyl (C=O) groups excluding carboxylic acids is 1. The standard InChI is InChI=1S/C24H24N4O2/c1-14-6-5-7-17(10-14)15(2)26-24-20-11-19(18-8-9-23(29)25-13-18)22(30-4)12-21(20)27-16(3)28-24/h5-13,15,18H,1-4H3,(H,26,27,28)/t15-,18?/m1/s1. The number of hydrogen-bond donors (Lipinski definition) is 1. The zero-order valence-electron chi connectivity index (χ0n) is 17.5. The highest BCUT2D eigenvalue weighted by molar-refractivity contribution is 5.99. The van der Waals surface area contributed by atoms with E-state index in [1.807, 2.05) is 25.1 Å². The molecule has 2 heterocycles. The number of methoxy groups -OCH3 is 1. The average Bonchev–Trinajstić information content (AvgIpc) is 2.73. The number of dihydropyridines is 1. The van der Waals surface area contributed by atoms with Gasteiger partial charge in [0.1, 0.15) is 17.4 Å². The van der Waals surface area contributed by atoms with Gasteiger partial charge >= 0.3 is 0 Å². The number of hydrogen-bond acceptors (Lipinski definition) is 5. The van der Waals surface area contributed by atoms with E-state index in [-0.39, 0.29) is 17.9 Å². The van der Waals surface area contributed by atoms with Crippen molar-refractivity contribution < 1.29 is 9.53 Å². The summed E-state index contributed by atoms with van der Waals surface area (Å²) in [6.45, 7) is 6.08. The zero-order chi connectivity index (χ0) is 21.3. The SMILES string of the molecule is COc1cc2nc(C)nc(N[C@H](C)c3cccc(C)c3)c2cc1C1C=CC(=O)N=C1. The van der Waals surface area contributed by atoms with Gasteiger partial charge in [-0.05, 0) is 32.4 Å². The van der Waals surface area contributed by atoms with E-state index in [4.69, 9.17) is 4.74 Å².